The van der Waals surface area contributed by atoms with Crippen molar-refractivity contribution in [3.63, 3.8) is 0 Å². The first-order valence-electron chi connectivity index (χ1n) is 6.57. The van der Waals surface area contributed by atoms with E-state index < -0.39 is 5.97 Å². The number of hydrogen-bond acceptors (Lipinski definition) is 4. The maximum atomic E-state index is 10.9. The molecule has 1 aliphatic carbocycles. The van der Waals surface area contributed by atoms with Gasteiger partial charge in [-0.3, -0.25) is 4.79 Å². The highest BCUT2D eigenvalue weighted by molar-refractivity contribution is 5.85. The largest absolute Gasteiger partial charge is 0.481 e. The second kappa shape index (κ2) is 5.74. The van der Waals surface area contributed by atoms with E-state index in [0.29, 0.717) is 12.8 Å². The monoisotopic (exact) mass is 283 g/mol. The number of fused-ring (bicyclic) bond motifs is 1. The van der Waals surface area contributed by atoms with E-state index in [4.69, 9.17) is 5.11 Å². The zero-order valence-electron chi connectivity index (χ0n) is 10.7. The predicted octanol–water partition coefficient (Wildman–Crippen LogP) is 1.69. The van der Waals surface area contributed by atoms with Crippen molar-refractivity contribution in [3.8, 4) is 0 Å². The van der Waals surface area contributed by atoms with E-state index in [1.807, 2.05) is 0 Å². The van der Waals surface area contributed by atoms with Gasteiger partial charge < -0.3 is 10.0 Å². The summed E-state index contributed by atoms with van der Waals surface area (Å²) in [5.41, 5.74) is 2.46. The molecule has 19 heavy (non-hydrogen) atoms. The first kappa shape index (κ1) is 14.1. The molecule has 1 saturated heterocycles. The van der Waals surface area contributed by atoms with E-state index in [2.05, 4.69) is 21.2 Å². The molecule has 0 spiro atoms. The number of carbonyl (C=O) groups is 1. The Kier molecular flexibility index (Phi) is 4.24. The van der Waals surface area contributed by atoms with Crippen LogP contribution in [0.25, 0.3) is 0 Å². The molecular formula is C13H18ClN3O2. The van der Waals surface area contributed by atoms with E-state index in [1.54, 1.807) is 0 Å². The zero-order chi connectivity index (χ0) is 12.5. The number of anilines is 1. The summed E-state index contributed by atoms with van der Waals surface area (Å²) in [6, 6.07) is 2.14. The number of aryl methyl sites for hydroxylation is 2. The van der Waals surface area contributed by atoms with Crippen LogP contribution in [0.1, 0.15) is 30.5 Å². The van der Waals surface area contributed by atoms with Crippen LogP contribution in [-0.4, -0.2) is 34.4 Å². The number of rotatable bonds is 2. The van der Waals surface area contributed by atoms with Crippen molar-refractivity contribution in [2.75, 3.05) is 18.0 Å². The summed E-state index contributed by atoms with van der Waals surface area (Å²) in [4.78, 5) is 13.1. The Morgan fingerprint density at radius 3 is 2.68 bits per heavy atom. The highest BCUT2D eigenvalue weighted by Crippen LogP contribution is 2.26. The first-order chi connectivity index (χ1) is 8.74. The molecule has 0 saturated carbocycles. The van der Waals surface area contributed by atoms with Gasteiger partial charge in [0.05, 0.1) is 11.6 Å². The normalized spacial score (nSPS) is 18.8. The lowest BCUT2D eigenvalue weighted by Gasteiger charge is -2.30. The van der Waals surface area contributed by atoms with Crippen molar-refractivity contribution in [2.24, 2.45) is 5.92 Å². The number of piperidine rings is 1. The molecule has 2 aliphatic rings. The number of carboxylic acid groups (broad SMARTS) is 1. The van der Waals surface area contributed by atoms with Gasteiger partial charge in [0.2, 0.25) is 0 Å². The van der Waals surface area contributed by atoms with E-state index in [9.17, 15) is 4.79 Å². The van der Waals surface area contributed by atoms with Crippen LogP contribution in [0.3, 0.4) is 0 Å². The lowest BCUT2D eigenvalue weighted by atomic mass is 9.97. The van der Waals surface area contributed by atoms with E-state index in [0.717, 1.165) is 37.4 Å². The fourth-order valence-electron chi connectivity index (χ4n) is 2.83. The molecule has 1 aliphatic heterocycles. The topological polar surface area (TPSA) is 66.3 Å². The second-order valence-electron chi connectivity index (χ2n) is 5.13. The summed E-state index contributed by atoms with van der Waals surface area (Å²) in [5, 5.41) is 17.5. The minimum atomic E-state index is -0.672. The van der Waals surface area contributed by atoms with Crippen molar-refractivity contribution >= 4 is 24.2 Å². The van der Waals surface area contributed by atoms with Crippen LogP contribution in [0.4, 0.5) is 5.82 Å². The summed E-state index contributed by atoms with van der Waals surface area (Å²) in [7, 11) is 0. The van der Waals surface area contributed by atoms with Crippen LogP contribution in [0.2, 0.25) is 0 Å². The van der Waals surface area contributed by atoms with Crippen LogP contribution >= 0.6 is 12.4 Å². The van der Waals surface area contributed by atoms with E-state index in [1.165, 1.54) is 12.0 Å². The lowest BCUT2D eigenvalue weighted by molar-refractivity contribution is -0.142. The van der Waals surface area contributed by atoms with Crippen LogP contribution in [-0.2, 0) is 17.6 Å². The van der Waals surface area contributed by atoms with E-state index in [-0.39, 0.29) is 18.3 Å². The Morgan fingerprint density at radius 2 is 2.00 bits per heavy atom. The maximum Gasteiger partial charge on any atom is 0.306 e. The predicted molar refractivity (Wildman–Crippen MR) is 73.9 cm³/mol. The average Bonchev–Trinajstić information content (AvgIpc) is 2.86. The highest BCUT2D eigenvalue weighted by atomic mass is 35.5. The quantitative estimate of drug-likeness (QED) is 0.895. The summed E-state index contributed by atoms with van der Waals surface area (Å²) in [5.74, 6) is 0.0535. The molecule has 6 heteroatoms. The average molecular weight is 284 g/mol. The third-order valence-electron chi connectivity index (χ3n) is 3.98. The molecule has 1 fully saturated rings. The van der Waals surface area contributed by atoms with Crippen LogP contribution < -0.4 is 4.90 Å². The van der Waals surface area contributed by atoms with E-state index >= 15 is 0 Å². The second-order valence-corrected chi connectivity index (χ2v) is 5.13. The number of carboxylic acids is 1. The fraction of sp³-hybridized carbons (Fsp3) is 0.615. The van der Waals surface area contributed by atoms with Gasteiger partial charge in [0.1, 0.15) is 0 Å². The van der Waals surface area contributed by atoms with Crippen LogP contribution in [0, 0.1) is 5.92 Å². The minimum Gasteiger partial charge on any atom is -0.481 e. The summed E-state index contributed by atoms with van der Waals surface area (Å²) in [6.45, 7) is 1.54. The third-order valence-corrected chi connectivity index (χ3v) is 3.98. The molecule has 1 N–H and O–H groups in total. The van der Waals surface area contributed by atoms with Gasteiger partial charge in [-0.2, -0.15) is 5.10 Å². The molecule has 0 radical (unpaired) electrons. The van der Waals surface area contributed by atoms with Crippen molar-refractivity contribution in [1.82, 2.24) is 10.2 Å². The molecule has 1 aromatic heterocycles. The van der Waals surface area contributed by atoms with Gasteiger partial charge in [-0.1, -0.05) is 0 Å². The summed E-state index contributed by atoms with van der Waals surface area (Å²) in [6.07, 6.45) is 4.73. The number of nitrogens with zero attached hydrogens (tertiary/aromatic N) is 3. The zero-order valence-corrected chi connectivity index (χ0v) is 11.5. The number of aromatic nitrogens is 2. The number of hydrogen-bond donors (Lipinski definition) is 1. The van der Waals surface area contributed by atoms with Crippen molar-refractivity contribution in [3.05, 3.63) is 17.3 Å². The summed E-state index contributed by atoms with van der Waals surface area (Å²) < 4.78 is 0. The molecular weight excluding hydrogens is 266 g/mol. The van der Waals surface area contributed by atoms with Crippen molar-refractivity contribution in [2.45, 2.75) is 32.1 Å². The smallest absolute Gasteiger partial charge is 0.306 e. The maximum absolute atomic E-state index is 10.9. The fourth-order valence-corrected chi connectivity index (χ4v) is 2.83. The molecule has 0 bridgehead atoms. The molecule has 0 aromatic carbocycles. The van der Waals surface area contributed by atoms with Gasteiger partial charge in [-0.25, -0.2) is 0 Å². The van der Waals surface area contributed by atoms with Crippen LogP contribution in [0.15, 0.2) is 6.07 Å². The lowest BCUT2D eigenvalue weighted by Crippen LogP contribution is -2.37. The van der Waals surface area contributed by atoms with Crippen molar-refractivity contribution < 1.29 is 9.90 Å². The molecule has 3 rings (SSSR count). The van der Waals surface area contributed by atoms with Crippen LogP contribution in [0.5, 0.6) is 0 Å². The van der Waals surface area contributed by atoms with Gasteiger partial charge in [0.15, 0.2) is 5.82 Å². The van der Waals surface area contributed by atoms with Gasteiger partial charge in [0.25, 0.3) is 0 Å². The number of aliphatic carboxylic acids is 1. The Balaban J connectivity index is 0.00000133. The molecule has 104 valence electrons. The molecule has 0 atom stereocenters. The Labute approximate surface area is 118 Å². The van der Waals surface area contributed by atoms with Crippen molar-refractivity contribution in [1.29, 1.82) is 0 Å². The van der Waals surface area contributed by atoms with Gasteiger partial charge in [-0.05, 0) is 43.7 Å². The molecule has 5 nitrogen and oxygen atoms in total. The standard InChI is InChI=1S/C13H17N3O2.ClH/c17-13(18)9-4-6-16(7-5-9)12-8-10-2-1-3-11(10)14-15-12;/h8-9H,1-7H2,(H,17,18);1H. The highest BCUT2D eigenvalue weighted by Gasteiger charge is 2.26. The Bertz CT molecular complexity index is 473. The molecule has 2 heterocycles. The SMILES string of the molecule is Cl.O=C(O)C1CCN(c2cc3c(nn2)CCC3)CC1. The summed E-state index contributed by atoms with van der Waals surface area (Å²) >= 11 is 0. The van der Waals surface area contributed by atoms with Gasteiger partial charge in [-0.15, -0.1) is 17.5 Å². The number of halogens is 1. The third kappa shape index (κ3) is 2.81. The molecule has 0 amide bonds. The van der Waals surface area contributed by atoms with Gasteiger partial charge >= 0.3 is 5.97 Å². The Hall–Kier alpha value is -1.36. The molecule has 1 aromatic rings. The Morgan fingerprint density at radius 1 is 1.26 bits per heavy atom. The van der Waals surface area contributed by atoms with Gasteiger partial charge in [0, 0.05) is 13.1 Å². The first-order valence-corrected chi connectivity index (χ1v) is 6.57. The molecule has 0 unspecified atom stereocenters. The minimum absolute atomic E-state index is 0.